The van der Waals surface area contributed by atoms with Gasteiger partial charge in [-0.2, -0.15) is 0 Å². The minimum atomic E-state index is -0.974. The molecule has 0 unspecified atom stereocenters. The van der Waals surface area contributed by atoms with Gasteiger partial charge in [-0.3, -0.25) is 15.6 Å². The number of halogens is 3. The molecule has 2 aromatic carbocycles. The number of hydrazine groups is 1. The number of benzene rings is 2. The van der Waals surface area contributed by atoms with Gasteiger partial charge in [0.2, 0.25) is 0 Å². The Balaban J connectivity index is 2.05. The first-order chi connectivity index (χ1) is 9.06. The fourth-order valence-electron chi connectivity index (χ4n) is 1.44. The van der Waals surface area contributed by atoms with Gasteiger partial charge in [0, 0.05) is 6.07 Å². The summed E-state index contributed by atoms with van der Waals surface area (Å²) in [5, 5.41) is 0. The highest BCUT2D eigenvalue weighted by atomic mass is 19.1. The van der Waals surface area contributed by atoms with E-state index in [0.717, 1.165) is 18.2 Å². The lowest BCUT2D eigenvalue weighted by Crippen LogP contribution is -2.30. The quantitative estimate of drug-likeness (QED) is 0.839. The number of carbonyl (C=O) groups is 1. The predicted molar refractivity (Wildman–Crippen MR) is 63.8 cm³/mol. The maximum absolute atomic E-state index is 13.3. The van der Waals surface area contributed by atoms with E-state index in [-0.39, 0.29) is 5.56 Å². The first-order valence-electron chi connectivity index (χ1n) is 5.33. The first-order valence-corrected chi connectivity index (χ1v) is 5.33. The lowest BCUT2D eigenvalue weighted by atomic mass is 10.2. The standard InChI is InChI=1S/C13H9F3N2O/c14-8-2-1-3-10(6-8)17-18-13(19)11-5-4-9(15)7-12(11)16/h1-7,17H,(H,18,19). The molecule has 0 bridgehead atoms. The molecule has 3 nitrogen and oxygen atoms in total. The molecule has 0 aliphatic heterocycles. The van der Waals surface area contributed by atoms with E-state index in [0.29, 0.717) is 11.8 Å². The molecule has 0 aliphatic carbocycles. The first kappa shape index (κ1) is 12.9. The molecule has 6 heteroatoms. The number of nitrogens with one attached hydrogen (secondary N) is 2. The summed E-state index contributed by atoms with van der Waals surface area (Å²) in [4.78, 5) is 11.6. The zero-order valence-electron chi connectivity index (χ0n) is 9.58. The number of rotatable bonds is 3. The van der Waals surface area contributed by atoms with Crippen LogP contribution >= 0.6 is 0 Å². The minimum Gasteiger partial charge on any atom is -0.298 e. The minimum absolute atomic E-state index is 0.302. The van der Waals surface area contributed by atoms with Crippen molar-refractivity contribution in [1.82, 2.24) is 5.43 Å². The van der Waals surface area contributed by atoms with E-state index in [1.807, 2.05) is 0 Å². The maximum atomic E-state index is 13.3. The molecule has 0 saturated heterocycles. The summed E-state index contributed by atoms with van der Waals surface area (Å²) >= 11 is 0. The zero-order chi connectivity index (χ0) is 13.8. The summed E-state index contributed by atoms with van der Waals surface area (Å²) in [5.74, 6) is -3.01. The van der Waals surface area contributed by atoms with Gasteiger partial charge in [0.25, 0.3) is 5.91 Å². The second kappa shape index (κ2) is 5.43. The van der Waals surface area contributed by atoms with Gasteiger partial charge in [0.15, 0.2) is 0 Å². The van der Waals surface area contributed by atoms with Gasteiger partial charge in [-0.1, -0.05) is 6.07 Å². The Morgan fingerprint density at radius 2 is 1.68 bits per heavy atom. The highest BCUT2D eigenvalue weighted by Crippen LogP contribution is 2.10. The summed E-state index contributed by atoms with van der Waals surface area (Å²) in [6.45, 7) is 0. The van der Waals surface area contributed by atoms with Gasteiger partial charge in [-0.25, -0.2) is 13.2 Å². The Hall–Kier alpha value is -2.50. The molecule has 98 valence electrons. The van der Waals surface area contributed by atoms with Crippen LogP contribution < -0.4 is 10.9 Å². The molecule has 0 spiro atoms. The van der Waals surface area contributed by atoms with Crippen molar-refractivity contribution < 1.29 is 18.0 Å². The molecule has 0 radical (unpaired) electrons. The van der Waals surface area contributed by atoms with Crippen LogP contribution in [0.5, 0.6) is 0 Å². The number of hydrogen-bond donors (Lipinski definition) is 2. The molecule has 0 heterocycles. The van der Waals surface area contributed by atoms with Gasteiger partial charge in [-0.15, -0.1) is 0 Å². The van der Waals surface area contributed by atoms with Crippen molar-refractivity contribution in [2.45, 2.75) is 0 Å². The van der Waals surface area contributed by atoms with E-state index in [4.69, 9.17) is 0 Å². The normalized spacial score (nSPS) is 10.1. The molecule has 0 aromatic heterocycles. The molecule has 0 saturated carbocycles. The summed E-state index contributed by atoms with van der Waals surface area (Å²) in [6, 6.07) is 7.96. The van der Waals surface area contributed by atoms with Crippen molar-refractivity contribution >= 4 is 11.6 Å². The summed E-state index contributed by atoms with van der Waals surface area (Å²) in [5.41, 5.74) is 4.60. The van der Waals surface area contributed by atoms with Crippen LogP contribution in [0.2, 0.25) is 0 Å². The molecule has 1 amide bonds. The fourth-order valence-corrected chi connectivity index (χ4v) is 1.44. The van der Waals surface area contributed by atoms with E-state index in [2.05, 4.69) is 10.9 Å². The van der Waals surface area contributed by atoms with Crippen LogP contribution in [0.15, 0.2) is 42.5 Å². The zero-order valence-corrected chi connectivity index (χ0v) is 9.58. The second-order valence-electron chi connectivity index (χ2n) is 3.71. The Morgan fingerprint density at radius 3 is 2.37 bits per heavy atom. The van der Waals surface area contributed by atoms with E-state index < -0.39 is 23.4 Å². The Morgan fingerprint density at radius 1 is 0.947 bits per heavy atom. The van der Waals surface area contributed by atoms with Gasteiger partial charge in [-0.05, 0) is 30.3 Å². The van der Waals surface area contributed by atoms with Gasteiger partial charge in [0.05, 0.1) is 11.3 Å². The molecule has 0 fully saturated rings. The molecule has 0 aliphatic rings. The molecular formula is C13H9F3N2O. The van der Waals surface area contributed by atoms with Crippen LogP contribution in [0, 0.1) is 17.5 Å². The van der Waals surface area contributed by atoms with E-state index in [1.54, 1.807) is 0 Å². The fraction of sp³-hybridized carbons (Fsp3) is 0. The van der Waals surface area contributed by atoms with Crippen LogP contribution in [-0.2, 0) is 0 Å². The van der Waals surface area contributed by atoms with Crippen molar-refractivity contribution in [2.75, 3.05) is 5.43 Å². The number of carbonyl (C=O) groups excluding carboxylic acids is 1. The molecule has 2 rings (SSSR count). The topological polar surface area (TPSA) is 41.1 Å². The Kier molecular flexibility index (Phi) is 3.70. The van der Waals surface area contributed by atoms with E-state index in [9.17, 15) is 18.0 Å². The van der Waals surface area contributed by atoms with Crippen molar-refractivity contribution in [3.8, 4) is 0 Å². The lowest BCUT2D eigenvalue weighted by molar-refractivity contribution is 0.0958. The number of hydrogen-bond acceptors (Lipinski definition) is 2. The van der Waals surface area contributed by atoms with Crippen molar-refractivity contribution in [3.05, 3.63) is 65.5 Å². The molecular weight excluding hydrogens is 257 g/mol. The molecule has 19 heavy (non-hydrogen) atoms. The SMILES string of the molecule is O=C(NNc1cccc(F)c1)c1ccc(F)cc1F. The largest absolute Gasteiger partial charge is 0.298 e. The van der Waals surface area contributed by atoms with Crippen LogP contribution in [0.4, 0.5) is 18.9 Å². The third-order valence-corrected chi connectivity index (χ3v) is 2.32. The number of anilines is 1. The van der Waals surface area contributed by atoms with Crippen LogP contribution in [-0.4, -0.2) is 5.91 Å². The van der Waals surface area contributed by atoms with Crippen molar-refractivity contribution in [3.63, 3.8) is 0 Å². The summed E-state index contributed by atoms with van der Waals surface area (Å²) in [7, 11) is 0. The predicted octanol–water partition coefficient (Wildman–Crippen LogP) is 2.86. The van der Waals surface area contributed by atoms with Gasteiger partial charge < -0.3 is 0 Å². The lowest BCUT2D eigenvalue weighted by Gasteiger charge is -2.09. The van der Waals surface area contributed by atoms with Crippen molar-refractivity contribution in [1.29, 1.82) is 0 Å². The number of amides is 1. The Bertz CT molecular complexity index is 617. The van der Waals surface area contributed by atoms with E-state index >= 15 is 0 Å². The average molecular weight is 266 g/mol. The molecule has 0 atom stereocenters. The summed E-state index contributed by atoms with van der Waals surface area (Å²) in [6.07, 6.45) is 0. The summed E-state index contributed by atoms with van der Waals surface area (Å²) < 4.78 is 38.8. The molecule has 2 aromatic rings. The van der Waals surface area contributed by atoms with Crippen LogP contribution in [0.1, 0.15) is 10.4 Å². The van der Waals surface area contributed by atoms with Gasteiger partial charge in [0.1, 0.15) is 17.5 Å². The van der Waals surface area contributed by atoms with Crippen molar-refractivity contribution in [2.24, 2.45) is 0 Å². The molecule has 2 N–H and O–H groups in total. The second-order valence-corrected chi connectivity index (χ2v) is 3.71. The Labute approximate surface area is 107 Å². The third kappa shape index (κ3) is 3.25. The van der Waals surface area contributed by atoms with E-state index in [1.165, 1.54) is 18.2 Å². The van der Waals surface area contributed by atoms with Crippen LogP contribution in [0.3, 0.4) is 0 Å². The van der Waals surface area contributed by atoms with Gasteiger partial charge >= 0.3 is 0 Å². The highest BCUT2D eigenvalue weighted by molar-refractivity contribution is 5.95. The monoisotopic (exact) mass is 266 g/mol. The third-order valence-electron chi connectivity index (χ3n) is 2.32. The smallest absolute Gasteiger partial charge is 0.272 e. The highest BCUT2D eigenvalue weighted by Gasteiger charge is 2.11. The maximum Gasteiger partial charge on any atom is 0.272 e. The van der Waals surface area contributed by atoms with Crippen LogP contribution in [0.25, 0.3) is 0 Å². The average Bonchev–Trinajstić information content (AvgIpc) is 2.36.